The Hall–Kier alpha value is -2.23. The summed E-state index contributed by atoms with van der Waals surface area (Å²) in [5, 5.41) is 3.57. The molecule has 0 aliphatic heterocycles. The summed E-state index contributed by atoms with van der Waals surface area (Å²) < 4.78 is 0. The zero-order valence-corrected chi connectivity index (χ0v) is 15.2. The molecule has 3 atom stereocenters. The minimum atomic E-state index is -0.0371. The zero-order valence-electron chi connectivity index (χ0n) is 15.2. The van der Waals surface area contributed by atoms with Crippen LogP contribution in [0.4, 0.5) is 5.69 Å². The van der Waals surface area contributed by atoms with Crippen LogP contribution in [0, 0.1) is 11.8 Å². The molecule has 0 bridgehead atoms. The van der Waals surface area contributed by atoms with Crippen LogP contribution >= 0.6 is 0 Å². The molecule has 0 unspecified atom stereocenters. The van der Waals surface area contributed by atoms with E-state index < -0.39 is 0 Å². The summed E-state index contributed by atoms with van der Waals surface area (Å²) in [6.45, 7) is 6.46. The molecule has 3 rings (SSSR count). The van der Waals surface area contributed by atoms with E-state index in [9.17, 15) is 9.59 Å². The summed E-state index contributed by atoms with van der Waals surface area (Å²) in [6, 6.07) is 2.28. The molecule has 0 saturated heterocycles. The van der Waals surface area contributed by atoms with Crippen molar-refractivity contribution in [1.82, 2.24) is 4.98 Å². The Bertz CT molecular complexity index is 748. The summed E-state index contributed by atoms with van der Waals surface area (Å²) in [5.41, 5.74) is 3.69. The number of nitrogens with one attached hydrogen (secondary N) is 1. The highest BCUT2D eigenvalue weighted by Crippen LogP contribution is 2.36. The number of hydrogen-bond donors (Lipinski definition) is 1. The quantitative estimate of drug-likeness (QED) is 0.619. The molecule has 25 heavy (non-hydrogen) atoms. The van der Waals surface area contributed by atoms with Crippen LogP contribution in [0.15, 0.2) is 41.3 Å². The fraction of sp³-hybridized carbons (Fsp3) is 0.476. The lowest BCUT2D eigenvalue weighted by molar-refractivity contribution is -0.104. The van der Waals surface area contributed by atoms with Crippen LogP contribution in [0.3, 0.4) is 0 Å². The number of carbonyl (C=O) groups excluding carboxylic acids is 2. The number of carbonyl (C=O) groups is 2. The molecule has 0 radical (unpaired) electrons. The number of Topliss-reactive ketones (excluding diaryl/α,β-unsaturated/α-hetero) is 1. The second-order valence-electron chi connectivity index (χ2n) is 7.41. The van der Waals surface area contributed by atoms with Crippen molar-refractivity contribution in [2.75, 3.05) is 5.32 Å². The molecule has 132 valence electrons. The number of rotatable bonds is 6. The molecule has 1 N–H and O–H groups in total. The highest BCUT2D eigenvalue weighted by Gasteiger charge is 2.31. The van der Waals surface area contributed by atoms with Gasteiger partial charge < -0.3 is 5.32 Å². The average molecular weight is 338 g/mol. The molecule has 4 nitrogen and oxygen atoms in total. The maximum Gasteiger partial charge on any atom is 0.192 e. The minimum Gasteiger partial charge on any atom is -0.382 e. The van der Waals surface area contributed by atoms with Crippen LogP contribution in [0.2, 0.25) is 0 Å². The van der Waals surface area contributed by atoms with Crippen LogP contribution in [0.25, 0.3) is 0 Å². The van der Waals surface area contributed by atoms with Crippen molar-refractivity contribution in [3.05, 3.63) is 46.8 Å². The molecule has 1 aromatic rings. The van der Waals surface area contributed by atoms with Crippen molar-refractivity contribution in [2.45, 2.75) is 52.5 Å². The third kappa shape index (κ3) is 3.58. The number of nitrogens with zero attached hydrogens (tertiary/aromatic N) is 1. The number of anilines is 1. The van der Waals surface area contributed by atoms with Crippen LogP contribution in [-0.4, -0.2) is 23.1 Å². The van der Waals surface area contributed by atoms with Crippen LogP contribution in [-0.2, 0) is 4.79 Å². The number of ketones is 1. The molecule has 1 heterocycles. The number of aromatic nitrogens is 1. The average Bonchev–Trinajstić information content (AvgIpc) is 3.16. The van der Waals surface area contributed by atoms with E-state index >= 15 is 0 Å². The fourth-order valence-electron chi connectivity index (χ4n) is 4.15. The lowest BCUT2D eigenvalue weighted by atomic mass is 9.96. The zero-order chi connectivity index (χ0) is 18.0. The number of aldehydes is 1. The van der Waals surface area contributed by atoms with Gasteiger partial charge >= 0.3 is 0 Å². The van der Waals surface area contributed by atoms with E-state index in [0.717, 1.165) is 36.3 Å². The first-order chi connectivity index (χ1) is 12.0. The Morgan fingerprint density at radius 2 is 2.20 bits per heavy atom. The highest BCUT2D eigenvalue weighted by atomic mass is 16.1. The third-order valence-electron chi connectivity index (χ3n) is 5.69. The summed E-state index contributed by atoms with van der Waals surface area (Å²) in [7, 11) is 0. The van der Waals surface area contributed by atoms with Crippen molar-refractivity contribution in [1.29, 1.82) is 0 Å². The largest absolute Gasteiger partial charge is 0.382 e. The second-order valence-corrected chi connectivity index (χ2v) is 7.41. The van der Waals surface area contributed by atoms with Gasteiger partial charge in [0.1, 0.15) is 6.29 Å². The third-order valence-corrected chi connectivity index (χ3v) is 5.69. The lowest BCUT2D eigenvalue weighted by Crippen LogP contribution is -2.18. The number of allylic oxidation sites excluding steroid dienone is 4. The standard InChI is InChI=1S/C21H26N2O2/c1-4-15-10-18(8-14(15)3)23-20-5-6-22-11-19(20)21(25)16-7-13(2)17(9-16)12-24/h5-6,9,11-12,14-15,18H,4,7-8,10H2,1-3H3,(H,22,23)/t14-,15-,18-/m0/s1. The monoisotopic (exact) mass is 338 g/mol. The lowest BCUT2D eigenvalue weighted by Gasteiger charge is -2.17. The smallest absolute Gasteiger partial charge is 0.192 e. The molecule has 0 amide bonds. The number of pyridine rings is 1. The van der Waals surface area contributed by atoms with Gasteiger partial charge in [0.05, 0.1) is 5.56 Å². The van der Waals surface area contributed by atoms with Crippen molar-refractivity contribution >= 4 is 17.8 Å². The summed E-state index contributed by atoms with van der Waals surface area (Å²) in [4.78, 5) is 28.2. The van der Waals surface area contributed by atoms with Gasteiger partial charge in [-0.05, 0) is 50.2 Å². The molecule has 0 aromatic carbocycles. The Labute approximate surface area is 149 Å². The Morgan fingerprint density at radius 3 is 2.84 bits per heavy atom. The van der Waals surface area contributed by atoms with Gasteiger partial charge in [-0.3, -0.25) is 14.6 Å². The molecule has 2 aliphatic carbocycles. The summed E-state index contributed by atoms with van der Waals surface area (Å²) in [6.07, 6.45) is 9.91. The van der Waals surface area contributed by atoms with Gasteiger partial charge in [0.2, 0.25) is 0 Å². The van der Waals surface area contributed by atoms with Crippen molar-refractivity contribution in [2.24, 2.45) is 11.8 Å². The van der Waals surface area contributed by atoms with E-state index in [1.165, 1.54) is 6.42 Å². The predicted molar refractivity (Wildman–Crippen MR) is 99.6 cm³/mol. The highest BCUT2D eigenvalue weighted by molar-refractivity contribution is 6.13. The van der Waals surface area contributed by atoms with E-state index in [2.05, 4.69) is 24.1 Å². The van der Waals surface area contributed by atoms with Gasteiger partial charge in [0, 0.05) is 35.3 Å². The van der Waals surface area contributed by atoms with Crippen molar-refractivity contribution in [3.8, 4) is 0 Å². The molecule has 4 heteroatoms. The second kappa shape index (κ2) is 7.34. The van der Waals surface area contributed by atoms with E-state index in [4.69, 9.17) is 0 Å². The normalized spacial score (nSPS) is 25.9. The Balaban J connectivity index is 1.78. The van der Waals surface area contributed by atoms with Gasteiger partial charge in [0.15, 0.2) is 5.78 Å². The maximum absolute atomic E-state index is 12.9. The summed E-state index contributed by atoms with van der Waals surface area (Å²) in [5.74, 6) is 1.42. The van der Waals surface area contributed by atoms with Crippen LogP contribution in [0.5, 0.6) is 0 Å². The molecular formula is C21H26N2O2. The Morgan fingerprint density at radius 1 is 1.40 bits per heavy atom. The fourth-order valence-corrected chi connectivity index (χ4v) is 4.15. The number of hydrogen-bond acceptors (Lipinski definition) is 4. The van der Waals surface area contributed by atoms with E-state index in [1.54, 1.807) is 18.5 Å². The molecule has 1 fully saturated rings. The van der Waals surface area contributed by atoms with Gasteiger partial charge in [0.25, 0.3) is 0 Å². The molecule has 1 aromatic heterocycles. The predicted octanol–water partition coefficient (Wildman–Crippen LogP) is 4.35. The van der Waals surface area contributed by atoms with E-state index in [-0.39, 0.29) is 5.78 Å². The minimum absolute atomic E-state index is 0.0371. The first-order valence-corrected chi connectivity index (χ1v) is 9.14. The van der Waals surface area contributed by atoms with Crippen LogP contribution < -0.4 is 5.32 Å². The summed E-state index contributed by atoms with van der Waals surface area (Å²) >= 11 is 0. The van der Waals surface area contributed by atoms with Gasteiger partial charge in [-0.15, -0.1) is 0 Å². The van der Waals surface area contributed by atoms with Gasteiger partial charge in [-0.1, -0.05) is 25.8 Å². The molecule has 0 spiro atoms. The van der Waals surface area contributed by atoms with E-state index in [1.807, 2.05) is 13.0 Å². The topological polar surface area (TPSA) is 59.1 Å². The van der Waals surface area contributed by atoms with Crippen molar-refractivity contribution < 1.29 is 9.59 Å². The van der Waals surface area contributed by atoms with E-state index in [0.29, 0.717) is 35.1 Å². The van der Waals surface area contributed by atoms with Gasteiger partial charge in [-0.2, -0.15) is 0 Å². The first kappa shape index (κ1) is 17.6. The molecule has 2 aliphatic rings. The SMILES string of the molecule is CC[C@H]1C[C@@H](Nc2ccncc2C(=O)C2=CC(C=O)=C(C)C2)C[C@@H]1C. The Kier molecular flexibility index (Phi) is 5.16. The molecule has 1 saturated carbocycles. The first-order valence-electron chi connectivity index (χ1n) is 9.14. The maximum atomic E-state index is 12.9. The molecular weight excluding hydrogens is 312 g/mol. The van der Waals surface area contributed by atoms with Gasteiger partial charge in [-0.25, -0.2) is 0 Å². The van der Waals surface area contributed by atoms with Crippen LogP contribution in [0.1, 0.15) is 56.8 Å². The van der Waals surface area contributed by atoms with Crippen molar-refractivity contribution in [3.63, 3.8) is 0 Å².